The van der Waals surface area contributed by atoms with Crippen molar-refractivity contribution in [3.8, 4) is 5.75 Å². The number of amides is 2. The summed E-state index contributed by atoms with van der Waals surface area (Å²) in [5.74, 6) is 0.0674. The Hall–Kier alpha value is -2.53. The topological polar surface area (TPSA) is 58.6 Å². The van der Waals surface area contributed by atoms with E-state index in [0.717, 1.165) is 17.5 Å². The van der Waals surface area contributed by atoms with Crippen LogP contribution in [0.3, 0.4) is 0 Å². The van der Waals surface area contributed by atoms with Gasteiger partial charge in [-0.25, -0.2) is 0 Å². The minimum atomic E-state index is -0.624. The van der Waals surface area contributed by atoms with Crippen LogP contribution in [-0.4, -0.2) is 35.4 Å². The van der Waals surface area contributed by atoms with E-state index in [4.69, 9.17) is 16.3 Å². The lowest BCUT2D eigenvalue weighted by Gasteiger charge is -2.29. The number of carbonyl (C=O) groups excluding carboxylic acids is 2. The third-order valence-electron chi connectivity index (χ3n) is 4.80. The van der Waals surface area contributed by atoms with E-state index in [9.17, 15) is 9.59 Å². The van der Waals surface area contributed by atoms with Crippen molar-refractivity contribution < 1.29 is 14.3 Å². The molecule has 0 aliphatic heterocycles. The summed E-state index contributed by atoms with van der Waals surface area (Å²) >= 11 is 5.97. The standard InChI is InChI=1S/C23H29ClN2O3/c1-5-17(3)25-23(28)18(4)26(14-19-11-9-16(2)10-12-19)22(27)15-29-21-8-6-7-20(24)13-21/h6-13,17-18H,5,14-15H2,1-4H3,(H,25,28)/t17-,18-/m1/s1. The predicted molar refractivity (Wildman–Crippen MR) is 116 cm³/mol. The Morgan fingerprint density at radius 3 is 2.45 bits per heavy atom. The molecule has 0 saturated heterocycles. The average molecular weight is 417 g/mol. The predicted octanol–water partition coefficient (Wildman–Crippen LogP) is 4.36. The number of ether oxygens (including phenoxy) is 1. The fourth-order valence-electron chi connectivity index (χ4n) is 2.72. The molecule has 0 spiro atoms. The van der Waals surface area contributed by atoms with Gasteiger partial charge in [-0.05, 0) is 51.0 Å². The van der Waals surface area contributed by atoms with Crippen LogP contribution < -0.4 is 10.1 Å². The minimum absolute atomic E-state index is 0.0454. The van der Waals surface area contributed by atoms with Crippen LogP contribution in [0.1, 0.15) is 38.3 Å². The van der Waals surface area contributed by atoms with Crippen molar-refractivity contribution in [1.29, 1.82) is 0 Å². The van der Waals surface area contributed by atoms with Crippen LogP contribution in [0.4, 0.5) is 0 Å². The van der Waals surface area contributed by atoms with E-state index in [1.807, 2.05) is 45.0 Å². The molecule has 0 fully saturated rings. The van der Waals surface area contributed by atoms with Gasteiger partial charge in [-0.3, -0.25) is 9.59 Å². The van der Waals surface area contributed by atoms with Gasteiger partial charge in [0.25, 0.3) is 5.91 Å². The van der Waals surface area contributed by atoms with E-state index in [0.29, 0.717) is 17.3 Å². The number of hydrogen-bond donors (Lipinski definition) is 1. The SMILES string of the molecule is CC[C@@H](C)NC(=O)[C@@H](C)N(Cc1ccc(C)cc1)C(=O)COc1cccc(Cl)c1. The van der Waals surface area contributed by atoms with Crippen molar-refractivity contribution in [3.05, 3.63) is 64.7 Å². The lowest BCUT2D eigenvalue weighted by Crippen LogP contribution is -2.50. The Morgan fingerprint density at radius 2 is 1.83 bits per heavy atom. The molecule has 0 aliphatic carbocycles. The molecular formula is C23H29ClN2O3. The highest BCUT2D eigenvalue weighted by atomic mass is 35.5. The summed E-state index contributed by atoms with van der Waals surface area (Å²) in [5.41, 5.74) is 2.09. The summed E-state index contributed by atoms with van der Waals surface area (Å²) in [5, 5.41) is 3.48. The molecule has 0 radical (unpaired) electrons. The maximum atomic E-state index is 13.0. The number of carbonyl (C=O) groups is 2. The second kappa shape index (κ2) is 10.9. The van der Waals surface area contributed by atoms with Crippen molar-refractivity contribution >= 4 is 23.4 Å². The van der Waals surface area contributed by atoms with E-state index in [1.54, 1.807) is 36.1 Å². The highest BCUT2D eigenvalue weighted by molar-refractivity contribution is 6.30. The zero-order valence-electron chi connectivity index (χ0n) is 17.4. The minimum Gasteiger partial charge on any atom is -0.484 e. The highest BCUT2D eigenvalue weighted by Gasteiger charge is 2.27. The van der Waals surface area contributed by atoms with Crippen molar-refractivity contribution in [1.82, 2.24) is 10.2 Å². The van der Waals surface area contributed by atoms with E-state index < -0.39 is 6.04 Å². The van der Waals surface area contributed by atoms with Crippen LogP contribution in [0, 0.1) is 6.92 Å². The molecule has 6 heteroatoms. The highest BCUT2D eigenvalue weighted by Crippen LogP contribution is 2.18. The smallest absolute Gasteiger partial charge is 0.261 e. The number of nitrogens with zero attached hydrogens (tertiary/aromatic N) is 1. The van der Waals surface area contributed by atoms with Gasteiger partial charge in [0.1, 0.15) is 11.8 Å². The molecule has 0 aliphatic rings. The molecule has 2 aromatic carbocycles. The summed E-state index contributed by atoms with van der Waals surface area (Å²) in [6.45, 7) is 7.85. The van der Waals surface area contributed by atoms with Gasteiger partial charge in [0.2, 0.25) is 5.91 Å². The van der Waals surface area contributed by atoms with Gasteiger partial charge in [-0.2, -0.15) is 0 Å². The quantitative estimate of drug-likeness (QED) is 0.660. The first-order valence-corrected chi connectivity index (χ1v) is 10.2. The molecule has 2 rings (SSSR count). The molecule has 2 aromatic rings. The third kappa shape index (κ3) is 7.09. The van der Waals surface area contributed by atoms with Crippen molar-refractivity contribution in [3.63, 3.8) is 0 Å². The van der Waals surface area contributed by atoms with Gasteiger partial charge in [0.15, 0.2) is 6.61 Å². The average Bonchev–Trinajstić information content (AvgIpc) is 2.71. The Labute approximate surface area is 178 Å². The maximum absolute atomic E-state index is 13.0. The molecule has 0 heterocycles. The maximum Gasteiger partial charge on any atom is 0.261 e. The normalized spacial score (nSPS) is 12.7. The third-order valence-corrected chi connectivity index (χ3v) is 5.04. The van der Waals surface area contributed by atoms with Crippen LogP contribution in [0.2, 0.25) is 5.02 Å². The second-order valence-corrected chi connectivity index (χ2v) is 7.68. The van der Waals surface area contributed by atoms with Crippen LogP contribution >= 0.6 is 11.6 Å². The Morgan fingerprint density at radius 1 is 1.14 bits per heavy atom. The summed E-state index contributed by atoms with van der Waals surface area (Å²) in [6.07, 6.45) is 0.822. The summed E-state index contributed by atoms with van der Waals surface area (Å²) in [7, 11) is 0. The molecule has 1 N–H and O–H groups in total. The molecule has 156 valence electrons. The van der Waals surface area contributed by atoms with E-state index >= 15 is 0 Å². The van der Waals surface area contributed by atoms with Crippen LogP contribution in [0.5, 0.6) is 5.75 Å². The van der Waals surface area contributed by atoms with Gasteiger partial charge in [-0.15, -0.1) is 0 Å². The van der Waals surface area contributed by atoms with Crippen molar-refractivity contribution in [2.75, 3.05) is 6.61 Å². The van der Waals surface area contributed by atoms with Gasteiger partial charge in [-0.1, -0.05) is 54.4 Å². The number of hydrogen-bond acceptors (Lipinski definition) is 3. The fraction of sp³-hybridized carbons (Fsp3) is 0.391. The first kappa shape index (κ1) is 22.8. The molecule has 0 bridgehead atoms. The zero-order valence-corrected chi connectivity index (χ0v) is 18.2. The van der Waals surface area contributed by atoms with Crippen molar-refractivity contribution in [2.24, 2.45) is 0 Å². The molecule has 2 atom stereocenters. The van der Waals surface area contributed by atoms with Crippen LogP contribution in [0.25, 0.3) is 0 Å². The van der Waals surface area contributed by atoms with E-state index in [-0.39, 0.29) is 24.5 Å². The Bertz CT molecular complexity index is 823. The van der Waals surface area contributed by atoms with E-state index in [2.05, 4.69) is 5.32 Å². The van der Waals surface area contributed by atoms with Gasteiger partial charge in [0.05, 0.1) is 0 Å². The first-order valence-electron chi connectivity index (χ1n) is 9.84. The number of rotatable bonds is 9. The molecule has 0 aromatic heterocycles. The summed E-state index contributed by atoms with van der Waals surface area (Å²) < 4.78 is 5.61. The Kier molecular flexibility index (Phi) is 8.52. The first-order chi connectivity index (χ1) is 13.8. The molecule has 29 heavy (non-hydrogen) atoms. The summed E-state index contributed by atoms with van der Waals surface area (Å²) in [4.78, 5) is 27.2. The van der Waals surface area contributed by atoms with Gasteiger partial charge in [0, 0.05) is 17.6 Å². The lowest BCUT2D eigenvalue weighted by molar-refractivity contribution is -0.142. The largest absolute Gasteiger partial charge is 0.484 e. The van der Waals surface area contributed by atoms with Crippen molar-refractivity contribution in [2.45, 2.75) is 52.7 Å². The molecule has 2 amide bonds. The Balaban J connectivity index is 2.14. The van der Waals surface area contributed by atoms with Gasteiger partial charge < -0.3 is 15.0 Å². The second-order valence-electron chi connectivity index (χ2n) is 7.25. The molecule has 5 nitrogen and oxygen atoms in total. The molecule has 0 unspecified atom stereocenters. The zero-order chi connectivity index (χ0) is 21.4. The molecule has 0 saturated carbocycles. The monoisotopic (exact) mass is 416 g/mol. The summed E-state index contributed by atoms with van der Waals surface area (Å²) in [6, 6.07) is 14.2. The lowest BCUT2D eigenvalue weighted by atomic mass is 10.1. The molecular weight excluding hydrogens is 388 g/mol. The number of benzene rings is 2. The van der Waals surface area contributed by atoms with E-state index in [1.165, 1.54) is 0 Å². The van der Waals surface area contributed by atoms with Gasteiger partial charge >= 0.3 is 0 Å². The number of halogens is 1. The fourth-order valence-corrected chi connectivity index (χ4v) is 2.90. The number of aryl methyl sites for hydroxylation is 1. The van der Waals surface area contributed by atoms with Crippen LogP contribution in [0.15, 0.2) is 48.5 Å². The number of nitrogens with one attached hydrogen (secondary N) is 1. The van der Waals surface area contributed by atoms with Crippen LogP contribution in [-0.2, 0) is 16.1 Å².